The molecule has 0 aromatic heterocycles. The van der Waals surface area contributed by atoms with E-state index in [0.717, 1.165) is 16.8 Å². The molecule has 0 unspecified atom stereocenters. The summed E-state index contributed by atoms with van der Waals surface area (Å²) >= 11 is 0. The van der Waals surface area contributed by atoms with E-state index in [1.807, 2.05) is 44.2 Å². The van der Waals surface area contributed by atoms with Crippen LogP contribution in [0.4, 0.5) is 5.69 Å². The van der Waals surface area contributed by atoms with E-state index >= 15 is 0 Å². The summed E-state index contributed by atoms with van der Waals surface area (Å²) in [7, 11) is 1.60. The quantitative estimate of drug-likeness (QED) is 0.683. The number of nitrogens with one attached hydrogen (secondary N) is 1. The van der Waals surface area contributed by atoms with Crippen molar-refractivity contribution in [1.29, 1.82) is 0 Å². The van der Waals surface area contributed by atoms with Crippen LogP contribution in [0.3, 0.4) is 0 Å². The highest BCUT2D eigenvalue weighted by molar-refractivity contribution is 5.94. The molecule has 2 amide bonds. The van der Waals surface area contributed by atoms with Crippen molar-refractivity contribution in [3.8, 4) is 17.2 Å². The van der Waals surface area contributed by atoms with E-state index in [2.05, 4.69) is 5.32 Å². The minimum atomic E-state index is -0.101. The monoisotopic (exact) mass is 412 g/mol. The first-order valence-electron chi connectivity index (χ1n) is 10.2. The summed E-state index contributed by atoms with van der Waals surface area (Å²) in [5, 5.41) is 2.84. The molecular weight excluding hydrogens is 384 g/mol. The molecule has 7 heteroatoms. The Balaban J connectivity index is 1.61. The first-order chi connectivity index (χ1) is 14.5. The fourth-order valence-electron chi connectivity index (χ4n) is 3.37. The second-order valence-corrected chi connectivity index (χ2v) is 6.98. The number of rotatable bonds is 9. The van der Waals surface area contributed by atoms with Crippen molar-refractivity contribution in [2.24, 2.45) is 0 Å². The summed E-state index contributed by atoms with van der Waals surface area (Å²) < 4.78 is 16.7. The molecule has 0 saturated carbocycles. The van der Waals surface area contributed by atoms with Crippen LogP contribution in [-0.2, 0) is 22.6 Å². The van der Waals surface area contributed by atoms with Crippen molar-refractivity contribution in [1.82, 2.24) is 4.90 Å². The maximum Gasteiger partial charge on any atom is 0.260 e. The predicted molar refractivity (Wildman–Crippen MR) is 114 cm³/mol. The van der Waals surface area contributed by atoms with Gasteiger partial charge in [-0.2, -0.15) is 0 Å². The maximum absolute atomic E-state index is 12.7. The van der Waals surface area contributed by atoms with Crippen LogP contribution in [0.5, 0.6) is 17.2 Å². The zero-order valence-electron chi connectivity index (χ0n) is 17.7. The lowest BCUT2D eigenvalue weighted by molar-refractivity contribution is -0.133. The summed E-state index contributed by atoms with van der Waals surface area (Å²) in [5.74, 6) is 1.88. The van der Waals surface area contributed by atoms with Gasteiger partial charge in [-0.05, 0) is 61.7 Å². The highest BCUT2D eigenvalue weighted by Crippen LogP contribution is 2.29. The smallest absolute Gasteiger partial charge is 0.260 e. The molecule has 0 bridgehead atoms. The lowest BCUT2D eigenvalue weighted by Crippen LogP contribution is -2.34. The Morgan fingerprint density at radius 2 is 1.90 bits per heavy atom. The Morgan fingerprint density at radius 1 is 1.07 bits per heavy atom. The second-order valence-electron chi connectivity index (χ2n) is 6.98. The number of nitrogens with zero attached hydrogens (tertiary/aromatic N) is 1. The normalized spacial score (nSPS) is 12.6. The van der Waals surface area contributed by atoms with Crippen molar-refractivity contribution in [2.45, 2.75) is 33.2 Å². The fourth-order valence-corrected chi connectivity index (χ4v) is 3.37. The summed E-state index contributed by atoms with van der Waals surface area (Å²) in [6, 6.07) is 11.1. The molecule has 0 spiro atoms. The van der Waals surface area contributed by atoms with Gasteiger partial charge in [0.1, 0.15) is 5.75 Å². The van der Waals surface area contributed by atoms with Gasteiger partial charge in [-0.25, -0.2) is 0 Å². The van der Waals surface area contributed by atoms with Crippen LogP contribution >= 0.6 is 0 Å². The Kier molecular flexibility index (Phi) is 7.17. The molecule has 0 radical (unpaired) electrons. The largest absolute Gasteiger partial charge is 0.493 e. The van der Waals surface area contributed by atoms with Gasteiger partial charge < -0.3 is 24.4 Å². The fraction of sp³-hybridized carbons (Fsp3) is 0.391. The number of amides is 2. The van der Waals surface area contributed by atoms with Gasteiger partial charge >= 0.3 is 0 Å². The molecule has 0 saturated heterocycles. The van der Waals surface area contributed by atoms with Crippen LogP contribution in [0.15, 0.2) is 36.4 Å². The highest BCUT2D eigenvalue weighted by Gasteiger charge is 2.17. The minimum Gasteiger partial charge on any atom is -0.493 e. The zero-order chi connectivity index (χ0) is 21.5. The SMILES string of the molecule is CCOc1ccc(CN(CC)C(=O)COc2ccc3c(c2)CCC(=O)N3)cc1OC. The molecule has 30 heavy (non-hydrogen) atoms. The standard InChI is InChI=1S/C23H28N2O5/c1-4-25(14-16-6-10-20(29-5-2)21(12-16)28-3)23(27)15-30-18-8-9-19-17(13-18)7-11-22(26)24-19/h6,8-10,12-13H,4-5,7,11,14-15H2,1-3H3,(H,24,26). The number of benzene rings is 2. The third-order valence-electron chi connectivity index (χ3n) is 4.97. The first-order valence-corrected chi connectivity index (χ1v) is 10.2. The molecule has 0 aliphatic carbocycles. The summed E-state index contributed by atoms with van der Waals surface area (Å²) in [4.78, 5) is 25.9. The van der Waals surface area contributed by atoms with Gasteiger partial charge in [-0.1, -0.05) is 6.07 Å². The molecule has 1 heterocycles. The van der Waals surface area contributed by atoms with Gasteiger partial charge in [0.2, 0.25) is 5.91 Å². The molecule has 0 fully saturated rings. The molecule has 1 aliphatic rings. The van der Waals surface area contributed by atoms with Crippen molar-refractivity contribution in [3.05, 3.63) is 47.5 Å². The number of methoxy groups -OCH3 is 1. The number of likely N-dealkylation sites (N-methyl/N-ethyl adjacent to an activating group) is 1. The van der Waals surface area contributed by atoms with Gasteiger partial charge in [0.05, 0.1) is 13.7 Å². The van der Waals surface area contributed by atoms with E-state index in [4.69, 9.17) is 14.2 Å². The molecule has 7 nitrogen and oxygen atoms in total. The van der Waals surface area contributed by atoms with Gasteiger partial charge in [-0.3, -0.25) is 9.59 Å². The van der Waals surface area contributed by atoms with Gasteiger partial charge in [0.15, 0.2) is 18.1 Å². The number of carbonyl (C=O) groups excluding carboxylic acids is 2. The Hall–Kier alpha value is -3.22. The summed E-state index contributed by atoms with van der Waals surface area (Å²) in [6.07, 6.45) is 1.14. The van der Waals surface area contributed by atoms with Crippen LogP contribution in [0.1, 0.15) is 31.4 Å². The number of carbonyl (C=O) groups is 2. The van der Waals surface area contributed by atoms with Crippen molar-refractivity contribution in [3.63, 3.8) is 0 Å². The molecule has 1 aliphatic heterocycles. The van der Waals surface area contributed by atoms with Gasteiger partial charge in [0.25, 0.3) is 5.91 Å². The van der Waals surface area contributed by atoms with Gasteiger partial charge in [-0.15, -0.1) is 0 Å². The van der Waals surface area contributed by atoms with Crippen LogP contribution in [0.25, 0.3) is 0 Å². The molecule has 1 N–H and O–H groups in total. The summed E-state index contributed by atoms with van der Waals surface area (Å²) in [6.45, 7) is 5.38. The van der Waals surface area contributed by atoms with Crippen molar-refractivity contribution >= 4 is 17.5 Å². The van der Waals surface area contributed by atoms with Crippen LogP contribution in [-0.4, -0.2) is 43.6 Å². The number of ether oxygens (including phenoxy) is 3. The number of hydrogen-bond acceptors (Lipinski definition) is 5. The van der Waals surface area contributed by atoms with E-state index in [-0.39, 0.29) is 18.4 Å². The molecule has 2 aromatic carbocycles. The second kappa shape index (κ2) is 10.0. The first kappa shape index (κ1) is 21.5. The van der Waals surface area contributed by atoms with Crippen LogP contribution < -0.4 is 19.5 Å². The van der Waals surface area contributed by atoms with Crippen LogP contribution in [0, 0.1) is 0 Å². The maximum atomic E-state index is 12.7. The van der Waals surface area contributed by atoms with Crippen molar-refractivity contribution < 1.29 is 23.8 Å². The Morgan fingerprint density at radius 3 is 2.63 bits per heavy atom. The molecular formula is C23H28N2O5. The number of fused-ring (bicyclic) bond motifs is 1. The van der Waals surface area contributed by atoms with Crippen molar-refractivity contribution in [2.75, 3.05) is 32.2 Å². The molecule has 0 atom stereocenters. The minimum absolute atomic E-state index is 0.0239. The lowest BCUT2D eigenvalue weighted by atomic mass is 10.0. The Bertz CT molecular complexity index is 912. The Labute approximate surface area is 176 Å². The average molecular weight is 412 g/mol. The van der Waals surface area contributed by atoms with Crippen LogP contribution in [0.2, 0.25) is 0 Å². The molecule has 3 rings (SSSR count). The number of anilines is 1. The molecule has 2 aromatic rings. The van der Waals surface area contributed by atoms with E-state index in [1.54, 1.807) is 18.1 Å². The predicted octanol–water partition coefficient (Wildman–Crippen LogP) is 3.41. The van der Waals surface area contributed by atoms with E-state index in [9.17, 15) is 9.59 Å². The third-order valence-corrected chi connectivity index (χ3v) is 4.97. The highest BCUT2D eigenvalue weighted by atomic mass is 16.5. The average Bonchev–Trinajstić information content (AvgIpc) is 2.76. The number of hydrogen-bond donors (Lipinski definition) is 1. The molecule has 160 valence electrons. The van der Waals surface area contributed by atoms with E-state index in [1.165, 1.54) is 0 Å². The van der Waals surface area contributed by atoms with Gasteiger partial charge in [0, 0.05) is 25.2 Å². The number of aryl methyl sites for hydroxylation is 1. The third kappa shape index (κ3) is 5.23. The lowest BCUT2D eigenvalue weighted by Gasteiger charge is -2.22. The van der Waals surface area contributed by atoms with E-state index in [0.29, 0.717) is 49.8 Å². The summed E-state index contributed by atoms with van der Waals surface area (Å²) in [5.41, 5.74) is 2.79. The zero-order valence-corrected chi connectivity index (χ0v) is 17.7. The van der Waals surface area contributed by atoms with E-state index < -0.39 is 0 Å². The topological polar surface area (TPSA) is 77.1 Å².